The molecule has 1 aromatic heterocycles. The summed E-state index contributed by atoms with van der Waals surface area (Å²) in [6.45, 7) is 0. The Morgan fingerprint density at radius 1 is 1.13 bits per heavy atom. The lowest BCUT2D eigenvalue weighted by Crippen LogP contribution is -2.41. The summed E-state index contributed by atoms with van der Waals surface area (Å²) < 4.78 is 0. The van der Waals surface area contributed by atoms with Crippen LogP contribution in [-0.2, 0) is 4.79 Å². The van der Waals surface area contributed by atoms with Gasteiger partial charge in [-0.1, -0.05) is 36.9 Å². The van der Waals surface area contributed by atoms with Crippen LogP contribution in [-0.4, -0.2) is 11.9 Å². The summed E-state index contributed by atoms with van der Waals surface area (Å²) in [5.41, 5.74) is 0.895. The van der Waals surface area contributed by atoms with Crippen LogP contribution in [0, 0.1) is 0 Å². The summed E-state index contributed by atoms with van der Waals surface area (Å²) in [5, 5.41) is 9.25. The Morgan fingerprint density at radius 3 is 2.52 bits per heavy atom. The first-order valence-corrected chi connectivity index (χ1v) is 9.34. The number of thiophene rings is 1. The van der Waals surface area contributed by atoms with E-state index in [9.17, 15) is 4.79 Å². The average Bonchev–Trinajstić information content (AvgIpc) is 3.09. The molecule has 5 heteroatoms. The highest BCUT2D eigenvalue weighted by Crippen LogP contribution is 2.26. The van der Waals surface area contributed by atoms with Crippen LogP contribution in [0.1, 0.15) is 43.0 Å². The fourth-order valence-electron chi connectivity index (χ4n) is 2.97. The van der Waals surface area contributed by atoms with Gasteiger partial charge in [-0.2, -0.15) is 0 Å². The van der Waals surface area contributed by atoms with Gasteiger partial charge in [0.15, 0.2) is 0 Å². The number of carbonyl (C=O) groups is 1. The monoisotopic (exact) mass is 348 g/mol. The van der Waals surface area contributed by atoms with E-state index < -0.39 is 0 Å². The van der Waals surface area contributed by atoms with Crippen molar-refractivity contribution in [1.82, 2.24) is 5.32 Å². The second-order valence-corrected chi connectivity index (χ2v) is 7.36. The molecule has 3 nitrogen and oxygen atoms in total. The Hall–Kier alpha value is -1.52. The molecule has 2 aromatic rings. The number of nitrogens with one attached hydrogen (secondary N) is 2. The Balaban J connectivity index is 1.72. The van der Waals surface area contributed by atoms with Crippen LogP contribution in [0.5, 0.6) is 0 Å². The van der Waals surface area contributed by atoms with Crippen LogP contribution in [0.25, 0.3) is 0 Å². The third kappa shape index (κ3) is 4.49. The predicted molar refractivity (Wildman–Crippen MR) is 97.2 cm³/mol. The van der Waals surface area contributed by atoms with Gasteiger partial charge in [-0.05, 0) is 48.6 Å². The van der Waals surface area contributed by atoms with Crippen LogP contribution < -0.4 is 10.6 Å². The Bertz CT molecular complexity index is 621. The molecule has 1 atom stereocenters. The van der Waals surface area contributed by atoms with E-state index in [0.717, 1.165) is 23.4 Å². The molecule has 1 aliphatic carbocycles. The molecule has 0 saturated heterocycles. The minimum atomic E-state index is -0.363. The fourth-order valence-corrected chi connectivity index (χ4v) is 3.87. The van der Waals surface area contributed by atoms with E-state index in [4.69, 9.17) is 11.6 Å². The van der Waals surface area contributed by atoms with E-state index in [0.29, 0.717) is 11.1 Å². The first-order chi connectivity index (χ1) is 11.2. The molecule has 0 aliphatic heterocycles. The first kappa shape index (κ1) is 16.3. The first-order valence-electron chi connectivity index (χ1n) is 8.08. The molecule has 1 heterocycles. The Kier molecular flexibility index (Phi) is 5.57. The van der Waals surface area contributed by atoms with Gasteiger partial charge in [-0.3, -0.25) is 4.79 Å². The number of hydrogen-bond acceptors (Lipinski definition) is 3. The van der Waals surface area contributed by atoms with Crippen molar-refractivity contribution in [2.75, 3.05) is 5.32 Å². The molecule has 23 heavy (non-hydrogen) atoms. The lowest BCUT2D eigenvalue weighted by atomic mass is 9.95. The number of carbonyl (C=O) groups excluding carboxylic acids is 1. The van der Waals surface area contributed by atoms with Crippen molar-refractivity contribution in [3.05, 3.63) is 51.7 Å². The van der Waals surface area contributed by atoms with Crippen LogP contribution in [0.2, 0.25) is 5.02 Å². The van der Waals surface area contributed by atoms with Gasteiger partial charge < -0.3 is 10.6 Å². The van der Waals surface area contributed by atoms with Gasteiger partial charge in [0.25, 0.3) is 0 Å². The predicted octanol–water partition coefficient (Wildman–Crippen LogP) is 5.00. The molecule has 0 spiro atoms. The maximum atomic E-state index is 12.8. The van der Waals surface area contributed by atoms with Crippen molar-refractivity contribution in [3.63, 3.8) is 0 Å². The second kappa shape index (κ2) is 7.84. The number of rotatable bonds is 5. The smallest absolute Gasteiger partial charge is 0.248 e. The summed E-state index contributed by atoms with van der Waals surface area (Å²) in [4.78, 5) is 13.8. The summed E-state index contributed by atoms with van der Waals surface area (Å²) in [5.74, 6) is 0.0503. The van der Waals surface area contributed by atoms with E-state index in [1.165, 1.54) is 19.3 Å². The van der Waals surface area contributed by atoms with E-state index in [1.807, 2.05) is 41.8 Å². The maximum absolute atomic E-state index is 12.8. The van der Waals surface area contributed by atoms with Gasteiger partial charge in [0, 0.05) is 21.6 Å². The van der Waals surface area contributed by atoms with Gasteiger partial charge >= 0.3 is 0 Å². The van der Waals surface area contributed by atoms with Crippen molar-refractivity contribution in [2.45, 2.75) is 44.2 Å². The Morgan fingerprint density at radius 2 is 1.87 bits per heavy atom. The maximum Gasteiger partial charge on any atom is 0.248 e. The summed E-state index contributed by atoms with van der Waals surface area (Å²) in [6, 6.07) is 11.4. The molecule has 0 radical (unpaired) electrons. The van der Waals surface area contributed by atoms with Gasteiger partial charge in [-0.25, -0.2) is 0 Å². The third-order valence-corrected chi connectivity index (χ3v) is 5.39. The second-order valence-electron chi connectivity index (χ2n) is 5.94. The van der Waals surface area contributed by atoms with Crippen LogP contribution >= 0.6 is 22.9 Å². The Labute approximate surface area is 146 Å². The van der Waals surface area contributed by atoms with E-state index in [-0.39, 0.29) is 11.9 Å². The molecular weight excluding hydrogens is 328 g/mol. The lowest BCUT2D eigenvalue weighted by Gasteiger charge is -2.26. The number of hydrogen-bond donors (Lipinski definition) is 2. The fraction of sp³-hybridized carbons (Fsp3) is 0.389. The largest absolute Gasteiger partial charge is 0.369 e. The molecule has 1 fully saturated rings. The van der Waals surface area contributed by atoms with Crippen molar-refractivity contribution in [1.29, 1.82) is 0 Å². The molecule has 2 N–H and O–H groups in total. The molecule has 3 rings (SSSR count). The standard InChI is InChI=1S/C18H21ClN2OS/c19-13-8-10-15(11-9-13)20-17(16-7-4-12-23-16)18(22)21-14-5-2-1-3-6-14/h4,7-12,14,17,20H,1-3,5-6H2,(H,21,22). The molecule has 122 valence electrons. The third-order valence-electron chi connectivity index (χ3n) is 4.20. The van der Waals surface area contributed by atoms with E-state index >= 15 is 0 Å². The highest BCUT2D eigenvalue weighted by molar-refractivity contribution is 7.10. The van der Waals surface area contributed by atoms with E-state index in [2.05, 4.69) is 10.6 Å². The number of halogens is 1. The van der Waals surface area contributed by atoms with Crippen molar-refractivity contribution in [2.24, 2.45) is 0 Å². The SMILES string of the molecule is O=C(NC1CCCCC1)C(Nc1ccc(Cl)cc1)c1cccs1. The minimum Gasteiger partial charge on any atom is -0.369 e. The summed E-state index contributed by atoms with van der Waals surface area (Å²) in [7, 11) is 0. The molecule has 1 aliphatic rings. The van der Waals surface area contributed by atoms with Crippen molar-refractivity contribution in [3.8, 4) is 0 Å². The van der Waals surface area contributed by atoms with Crippen LogP contribution in [0.3, 0.4) is 0 Å². The van der Waals surface area contributed by atoms with Crippen LogP contribution in [0.15, 0.2) is 41.8 Å². The molecule has 1 amide bonds. The van der Waals surface area contributed by atoms with Gasteiger partial charge in [-0.15, -0.1) is 11.3 Å². The van der Waals surface area contributed by atoms with Gasteiger partial charge in [0.05, 0.1) is 0 Å². The number of amides is 1. The number of benzene rings is 1. The van der Waals surface area contributed by atoms with Crippen molar-refractivity contribution < 1.29 is 4.79 Å². The number of anilines is 1. The average molecular weight is 349 g/mol. The topological polar surface area (TPSA) is 41.1 Å². The van der Waals surface area contributed by atoms with Crippen LogP contribution in [0.4, 0.5) is 5.69 Å². The summed E-state index contributed by atoms with van der Waals surface area (Å²) in [6.07, 6.45) is 5.87. The zero-order valence-electron chi connectivity index (χ0n) is 12.9. The van der Waals surface area contributed by atoms with E-state index in [1.54, 1.807) is 11.3 Å². The quantitative estimate of drug-likeness (QED) is 0.798. The zero-order valence-corrected chi connectivity index (χ0v) is 14.5. The molecule has 1 saturated carbocycles. The molecular formula is C18H21ClN2OS. The highest BCUT2D eigenvalue weighted by atomic mass is 35.5. The zero-order chi connectivity index (χ0) is 16.1. The summed E-state index contributed by atoms with van der Waals surface area (Å²) >= 11 is 7.53. The lowest BCUT2D eigenvalue weighted by molar-refractivity contribution is -0.122. The molecule has 1 aromatic carbocycles. The van der Waals surface area contributed by atoms with Gasteiger partial charge in [0.2, 0.25) is 5.91 Å². The van der Waals surface area contributed by atoms with Crippen molar-refractivity contribution >= 4 is 34.5 Å². The van der Waals surface area contributed by atoms with Gasteiger partial charge in [0.1, 0.15) is 6.04 Å². The highest BCUT2D eigenvalue weighted by Gasteiger charge is 2.24. The minimum absolute atomic E-state index is 0.0503. The molecule has 1 unspecified atom stereocenters. The molecule has 0 bridgehead atoms. The normalized spacial score (nSPS) is 16.7.